The van der Waals surface area contributed by atoms with Gasteiger partial charge in [-0.25, -0.2) is 4.79 Å². The molecule has 21 heavy (non-hydrogen) atoms. The first-order chi connectivity index (χ1) is 9.79. The summed E-state index contributed by atoms with van der Waals surface area (Å²) >= 11 is 5.88. The van der Waals surface area contributed by atoms with Gasteiger partial charge in [-0.1, -0.05) is 50.6 Å². The lowest BCUT2D eigenvalue weighted by atomic mass is 9.85. The SMILES string of the molecule is CC(C)(C)c1ccccc1Nc1ccc(Cl)cc1C(=O)O. The number of anilines is 2. The molecule has 2 N–H and O–H groups in total. The van der Waals surface area contributed by atoms with Crippen LogP contribution in [0.1, 0.15) is 36.7 Å². The maximum atomic E-state index is 11.3. The number of nitrogens with one attached hydrogen (secondary N) is 1. The molecule has 0 aliphatic rings. The topological polar surface area (TPSA) is 49.3 Å². The molecule has 0 fully saturated rings. The normalized spacial score (nSPS) is 11.2. The molecule has 0 spiro atoms. The fraction of sp³-hybridized carbons (Fsp3) is 0.235. The van der Waals surface area contributed by atoms with Gasteiger partial charge in [0.15, 0.2) is 0 Å². The van der Waals surface area contributed by atoms with Gasteiger partial charge >= 0.3 is 5.97 Å². The van der Waals surface area contributed by atoms with Gasteiger partial charge in [-0.05, 0) is 35.2 Å². The Hall–Kier alpha value is -2.00. The third-order valence-corrected chi connectivity index (χ3v) is 3.45. The molecular weight excluding hydrogens is 286 g/mol. The van der Waals surface area contributed by atoms with Crippen LogP contribution >= 0.6 is 11.6 Å². The predicted molar refractivity (Wildman–Crippen MR) is 86.8 cm³/mol. The summed E-state index contributed by atoms with van der Waals surface area (Å²) < 4.78 is 0. The Morgan fingerprint density at radius 3 is 2.38 bits per heavy atom. The quantitative estimate of drug-likeness (QED) is 0.831. The van der Waals surface area contributed by atoms with Gasteiger partial charge in [-0.15, -0.1) is 0 Å². The molecular formula is C17H18ClNO2. The van der Waals surface area contributed by atoms with Crippen LogP contribution in [-0.4, -0.2) is 11.1 Å². The second-order valence-electron chi connectivity index (χ2n) is 5.92. The van der Waals surface area contributed by atoms with E-state index in [0.29, 0.717) is 10.7 Å². The molecule has 2 aromatic rings. The lowest BCUT2D eigenvalue weighted by Gasteiger charge is -2.23. The molecule has 0 aliphatic carbocycles. The highest BCUT2D eigenvalue weighted by molar-refractivity contribution is 6.31. The van der Waals surface area contributed by atoms with Crippen LogP contribution in [0.2, 0.25) is 5.02 Å². The molecule has 0 heterocycles. The standard InChI is InChI=1S/C17H18ClNO2/c1-17(2,3)13-6-4-5-7-15(13)19-14-9-8-11(18)10-12(14)16(20)21/h4-10,19H,1-3H3,(H,20,21). The Morgan fingerprint density at radius 1 is 1.10 bits per heavy atom. The highest BCUT2D eigenvalue weighted by Gasteiger charge is 2.19. The minimum Gasteiger partial charge on any atom is -0.478 e. The van der Waals surface area contributed by atoms with Crippen molar-refractivity contribution in [3.63, 3.8) is 0 Å². The van der Waals surface area contributed by atoms with E-state index in [9.17, 15) is 9.90 Å². The van der Waals surface area contributed by atoms with Gasteiger partial charge in [0.2, 0.25) is 0 Å². The Bertz CT molecular complexity index is 675. The molecule has 0 bridgehead atoms. The fourth-order valence-corrected chi connectivity index (χ4v) is 2.37. The van der Waals surface area contributed by atoms with Crippen molar-refractivity contribution in [1.82, 2.24) is 0 Å². The molecule has 0 unspecified atom stereocenters. The molecule has 0 atom stereocenters. The van der Waals surface area contributed by atoms with Gasteiger partial charge in [0.1, 0.15) is 0 Å². The number of rotatable bonds is 3. The van der Waals surface area contributed by atoms with Gasteiger partial charge in [0.05, 0.1) is 11.3 Å². The maximum Gasteiger partial charge on any atom is 0.337 e. The van der Waals surface area contributed by atoms with Crippen molar-refractivity contribution in [2.75, 3.05) is 5.32 Å². The zero-order valence-electron chi connectivity index (χ0n) is 12.3. The molecule has 0 aromatic heterocycles. The zero-order valence-corrected chi connectivity index (χ0v) is 13.0. The summed E-state index contributed by atoms with van der Waals surface area (Å²) in [4.78, 5) is 11.3. The molecule has 0 radical (unpaired) electrons. The number of benzene rings is 2. The third-order valence-electron chi connectivity index (χ3n) is 3.22. The van der Waals surface area contributed by atoms with Crippen LogP contribution in [0.5, 0.6) is 0 Å². The molecule has 2 rings (SSSR count). The Morgan fingerprint density at radius 2 is 1.76 bits per heavy atom. The van der Waals surface area contributed by atoms with Gasteiger partial charge in [0, 0.05) is 10.7 Å². The number of carbonyl (C=O) groups is 1. The van der Waals surface area contributed by atoms with Crippen LogP contribution in [0, 0.1) is 0 Å². The average molecular weight is 304 g/mol. The molecule has 0 amide bonds. The van der Waals surface area contributed by atoms with Crippen LogP contribution in [-0.2, 0) is 5.41 Å². The summed E-state index contributed by atoms with van der Waals surface area (Å²) in [7, 11) is 0. The summed E-state index contributed by atoms with van der Waals surface area (Å²) in [5.41, 5.74) is 2.67. The minimum absolute atomic E-state index is 0.0423. The second-order valence-corrected chi connectivity index (χ2v) is 6.35. The summed E-state index contributed by atoms with van der Waals surface area (Å²) in [6.07, 6.45) is 0. The molecule has 0 saturated heterocycles. The first-order valence-corrected chi connectivity index (χ1v) is 7.06. The number of halogens is 1. The monoisotopic (exact) mass is 303 g/mol. The van der Waals surface area contributed by atoms with Crippen molar-refractivity contribution >= 4 is 28.9 Å². The Labute approximate surface area is 129 Å². The number of aromatic carboxylic acids is 1. The first kappa shape index (κ1) is 15.4. The average Bonchev–Trinajstić information content (AvgIpc) is 2.40. The van der Waals surface area contributed by atoms with Gasteiger partial charge in [-0.2, -0.15) is 0 Å². The van der Waals surface area contributed by atoms with Gasteiger partial charge < -0.3 is 10.4 Å². The van der Waals surface area contributed by atoms with Crippen LogP contribution in [0.3, 0.4) is 0 Å². The van der Waals surface area contributed by atoms with Crippen LogP contribution in [0.15, 0.2) is 42.5 Å². The first-order valence-electron chi connectivity index (χ1n) is 6.68. The lowest BCUT2D eigenvalue weighted by Crippen LogP contribution is -2.14. The summed E-state index contributed by atoms with van der Waals surface area (Å²) in [6.45, 7) is 6.36. The minimum atomic E-state index is -1.01. The van der Waals surface area contributed by atoms with E-state index in [1.54, 1.807) is 12.1 Å². The van der Waals surface area contributed by atoms with E-state index in [1.165, 1.54) is 6.07 Å². The number of hydrogen-bond acceptors (Lipinski definition) is 2. The highest BCUT2D eigenvalue weighted by atomic mass is 35.5. The van der Waals surface area contributed by atoms with Crippen molar-refractivity contribution in [3.8, 4) is 0 Å². The van der Waals surface area contributed by atoms with Crippen LogP contribution in [0.25, 0.3) is 0 Å². The van der Waals surface area contributed by atoms with Crippen LogP contribution < -0.4 is 5.32 Å². The molecule has 0 saturated carbocycles. The lowest BCUT2D eigenvalue weighted by molar-refractivity contribution is 0.0698. The summed E-state index contributed by atoms with van der Waals surface area (Å²) in [6, 6.07) is 12.7. The van der Waals surface area contributed by atoms with Crippen LogP contribution in [0.4, 0.5) is 11.4 Å². The van der Waals surface area contributed by atoms with Crippen molar-refractivity contribution in [2.24, 2.45) is 0 Å². The number of para-hydroxylation sites is 1. The van der Waals surface area contributed by atoms with Crippen molar-refractivity contribution in [2.45, 2.75) is 26.2 Å². The van der Waals surface area contributed by atoms with E-state index in [-0.39, 0.29) is 11.0 Å². The molecule has 3 nitrogen and oxygen atoms in total. The Balaban J connectivity index is 2.47. The Kier molecular flexibility index (Phi) is 4.24. The van der Waals surface area contributed by atoms with E-state index in [4.69, 9.17) is 11.6 Å². The molecule has 0 aliphatic heterocycles. The molecule has 4 heteroatoms. The summed E-state index contributed by atoms with van der Waals surface area (Å²) in [5, 5.41) is 12.9. The predicted octanol–water partition coefficient (Wildman–Crippen LogP) is 5.08. The maximum absolute atomic E-state index is 11.3. The summed E-state index contributed by atoms with van der Waals surface area (Å²) in [5.74, 6) is -1.01. The smallest absolute Gasteiger partial charge is 0.337 e. The van der Waals surface area contributed by atoms with E-state index >= 15 is 0 Å². The van der Waals surface area contributed by atoms with Crippen molar-refractivity contribution in [1.29, 1.82) is 0 Å². The third kappa shape index (κ3) is 3.56. The van der Waals surface area contributed by atoms with Gasteiger partial charge in [0.25, 0.3) is 0 Å². The van der Waals surface area contributed by atoms with E-state index in [1.807, 2.05) is 24.3 Å². The molecule has 2 aromatic carbocycles. The van der Waals surface area contributed by atoms with E-state index in [0.717, 1.165) is 11.3 Å². The van der Waals surface area contributed by atoms with Crippen molar-refractivity contribution in [3.05, 3.63) is 58.6 Å². The highest BCUT2D eigenvalue weighted by Crippen LogP contribution is 2.32. The molecule has 110 valence electrons. The van der Waals surface area contributed by atoms with E-state index < -0.39 is 5.97 Å². The number of carboxylic acids is 1. The fourth-order valence-electron chi connectivity index (χ4n) is 2.19. The largest absolute Gasteiger partial charge is 0.478 e. The second kappa shape index (κ2) is 5.78. The number of hydrogen-bond donors (Lipinski definition) is 2. The number of carboxylic acid groups (broad SMARTS) is 1. The van der Waals surface area contributed by atoms with Crippen molar-refractivity contribution < 1.29 is 9.90 Å². The van der Waals surface area contributed by atoms with E-state index in [2.05, 4.69) is 26.1 Å². The zero-order chi connectivity index (χ0) is 15.6. The van der Waals surface area contributed by atoms with Gasteiger partial charge in [-0.3, -0.25) is 0 Å².